The third-order valence-electron chi connectivity index (χ3n) is 5.07. The van der Waals surface area contributed by atoms with Gasteiger partial charge in [0, 0.05) is 45.9 Å². The highest BCUT2D eigenvalue weighted by molar-refractivity contribution is 5.80. The fourth-order valence-corrected chi connectivity index (χ4v) is 3.53. The molecule has 0 amide bonds. The van der Waals surface area contributed by atoms with Gasteiger partial charge in [-0.25, -0.2) is 0 Å². The average molecular weight is 375 g/mol. The van der Waals surface area contributed by atoms with Crippen molar-refractivity contribution in [2.75, 3.05) is 46.4 Å². The molecule has 5 nitrogen and oxygen atoms in total. The van der Waals surface area contributed by atoms with Crippen molar-refractivity contribution in [3.05, 3.63) is 35.9 Å². The number of likely N-dealkylation sites (tertiary alicyclic amines) is 1. The maximum Gasteiger partial charge on any atom is 0.191 e. The quantitative estimate of drug-likeness (QED) is 0.515. The highest BCUT2D eigenvalue weighted by Gasteiger charge is 2.21. The van der Waals surface area contributed by atoms with Crippen LogP contribution < -0.4 is 10.6 Å². The molecule has 2 N–H and O–H groups in total. The number of nitrogens with zero attached hydrogens (tertiary/aromatic N) is 2. The maximum atomic E-state index is 5.19. The van der Waals surface area contributed by atoms with Crippen LogP contribution >= 0.6 is 0 Å². The molecule has 0 aliphatic carbocycles. The third kappa shape index (κ3) is 8.31. The van der Waals surface area contributed by atoms with Gasteiger partial charge in [0.1, 0.15) is 0 Å². The molecule has 1 aliphatic rings. The van der Waals surface area contributed by atoms with Gasteiger partial charge in [-0.3, -0.25) is 4.99 Å². The van der Waals surface area contributed by atoms with Crippen LogP contribution in [0, 0.1) is 5.41 Å². The minimum absolute atomic E-state index is 0.132. The lowest BCUT2D eigenvalue weighted by Crippen LogP contribution is -2.49. The van der Waals surface area contributed by atoms with Crippen molar-refractivity contribution < 1.29 is 4.74 Å². The number of rotatable bonds is 9. The maximum absolute atomic E-state index is 5.19. The second kappa shape index (κ2) is 11.3. The second-order valence-electron chi connectivity index (χ2n) is 8.27. The molecule has 0 radical (unpaired) electrons. The highest BCUT2D eigenvalue weighted by Crippen LogP contribution is 2.22. The van der Waals surface area contributed by atoms with Crippen LogP contribution in [-0.2, 0) is 11.2 Å². The van der Waals surface area contributed by atoms with E-state index < -0.39 is 0 Å². The van der Waals surface area contributed by atoms with Crippen molar-refractivity contribution in [1.29, 1.82) is 0 Å². The number of guanidine groups is 1. The van der Waals surface area contributed by atoms with Crippen LogP contribution in [0.4, 0.5) is 0 Å². The van der Waals surface area contributed by atoms with Crippen LogP contribution in [0.2, 0.25) is 0 Å². The molecule has 1 aliphatic heterocycles. The zero-order valence-electron chi connectivity index (χ0n) is 17.6. The summed E-state index contributed by atoms with van der Waals surface area (Å²) < 4.78 is 5.19. The molecule has 1 aromatic carbocycles. The Morgan fingerprint density at radius 1 is 1.22 bits per heavy atom. The summed E-state index contributed by atoms with van der Waals surface area (Å²) >= 11 is 0. The number of ether oxygens (including phenoxy) is 1. The number of nitrogens with one attached hydrogen (secondary N) is 2. The van der Waals surface area contributed by atoms with E-state index in [4.69, 9.17) is 9.73 Å². The lowest BCUT2D eigenvalue weighted by atomic mass is 9.86. The SMILES string of the molecule is CCNC(=NCC(C)(C)Cc1ccccc1)NC1CCN(CCOC)CC1. The van der Waals surface area contributed by atoms with Crippen molar-refractivity contribution in [3.8, 4) is 0 Å². The molecule has 1 aromatic rings. The van der Waals surface area contributed by atoms with E-state index in [-0.39, 0.29) is 5.41 Å². The van der Waals surface area contributed by atoms with Crippen LogP contribution in [0.3, 0.4) is 0 Å². The van der Waals surface area contributed by atoms with E-state index in [1.807, 2.05) is 0 Å². The zero-order chi connectivity index (χ0) is 19.5. The van der Waals surface area contributed by atoms with Gasteiger partial charge in [0.2, 0.25) is 0 Å². The Bertz CT molecular complexity index is 551. The summed E-state index contributed by atoms with van der Waals surface area (Å²) in [6.45, 7) is 12.5. The fourth-order valence-electron chi connectivity index (χ4n) is 3.53. The Balaban J connectivity index is 1.84. The summed E-state index contributed by atoms with van der Waals surface area (Å²) in [5.74, 6) is 0.953. The molecule has 1 heterocycles. The van der Waals surface area contributed by atoms with Gasteiger partial charge in [-0.2, -0.15) is 0 Å². The van der Waals surface area contributed by atoms with Gasteiger partial charge in [0.15, 0.2) is 5.96 Å². The predicted molar refractivity (Wildman–Crippen MR) is 114 cm³/mol. The molecule has 27 heavy (non-hydrogen) atoms. The van der Waals surface area contributed by atoms with Gasteiger partial charge in [0.05, 0.1) is 6.61 Å². The lowest BCUT2D eigenvalue weighted by molar-refractivity contribution is 0.128. The van der Waals surface area contributed by atoms with E-state index in [9.17, 15) is 0 Å². The van der Waals surface area contributed by atoms with Crippen LogP contribution in [0.5, 0.6) is 0 Å². The van der Waals surface area contributed by atoms with Gasteiger partial charge in [-0.15, -0.1) is 0 Å². The normalized spacial score (nSPS) is 17.1. The molecule has 1 saturated heterocycles. The average Bonchev–Trinajstić information content (AvgIpc) is 2.66. The van der Waals surface area contributed by atoms with E-state index >= 15 is 0 Å². The Morgan fingerprint density at radius 3 is 2.56 bits per heavy atom. The number of hydrogen-bond donors (Lipinski definition) is 2. The van der Waals surface area contributed by atoms with Crippen molar-refractivity contribution in [1.82, 2.24) is 15.5 Å². The van der Waals surface area contributed by atoms with Crippen LogP contribution in [0.1, 0.15) is 39.2 Å². The summed E-state index contributed by atoms with van der Waals surface area (Å²) in [5.41, 5.74) is 1.51. The van der Waals surface area contributed by atoms with E-state index in [1.165, 1.54) is 5.56 Å². The topological polar surface area (TPSA) is 48.9 Å². The van der Waals surface area contributed by atoms with Crippen molar-refractivity contribution in [2.24, 2.45) is 10.4 Å². The predicted octanol–water partition coefficient (Wildman–Crippen LogP) is 2.92. The molecule has 0 unspecified atom stereocenters. The number of hydrogen-bond acceptors (Lipinski definition) is 3. The zero-order valence-corrected chi connectivity index (χ0v) is 17.6. The first-order chi connectivity index (χ1) is 13.0. The first-order valence-electron chi connectivity index (χ1n) is 10.3. The van der Waals surface area contributed by atoms with E-state index in [1.54, 1.807) is 7.11 Å². The van der Waals surface area contributed by atoms with E-state index in [2.05, 4.69) is 66.6 Å². The third-order valence-corrected chi connectivity index (χ3v) is 5.07. The summed E-state index contributed by atoms with van der Waals surface area (Å²) in [6, 6.07) is 11.2. The molecule has 0 bridgehead atoms. The van der Waals surface area contributed by atoms with Crippen LogP contribution in [0.25, 0.3) is 0 Å². The standard InChI is InChI=1S/C22H38N4O/c1-5-23-21(25-20-11-13-26(14-12-20)15-16-27-4)24-18-22(2,3)17-19-9-7-6-8-10-19/h6-10,20H,5,11-18H2,1-4H3,(H2,23,24,25). The Hall–Kier alpha value is -1.59. The van der Waals surface area contributed by atoms with Crippen molar-refractivity contribution in [3.63, 3.8) is 0 Å². The molecular formula is C22H38N4O. The Morgan fingerprint density at radius 2 is 1.93 bits per heavy atom. The molecule has 0 spiro atoms. The monoisotopic (exact) mass is 374 g/mol. The van der Waals surface area contributed by atoms with Crippen molar-refractivity contribution in [2.45, 2.75) is 46.1 Å². The largest absolute Gasteiger partial charge is 0.383 e. The first-order valence-corrected chi connectivity index (χ1v) is 10.3. The number of methoxy groups -OCH3 is 1. The van der Waals surface area contributed by atoms with Gasteiger partial charge in [0.25, 0.3) is 0 Å². The summed E-state index contributed by atoms with van der Waals surface area (Å²) in [6.07, 6.45) is 3.34. The van der Waals surface area contributed by atoms with Crippen LogP contribution in [0.15, 0.2) is 35.3 Å². The molecule has 1 fully saturated rings. The van der Waals surface area contributed by atoms with Crippen LogP contribution in [-0.4, -0.2) is 63.3 Å². The lowest BCUT2D eigenvalue weighted by Gasteiger charge is -2.33. The number of piperidine rings is 1. The number of benzene rings is 1. The minimum atomic E-state index is 0.132. The Labute approximate surface area is 165 Å². The van der Waals surface area contributed by atoms with Gasteiger partial charge >= 0.3 is 0 Å². The van der Waals surface area contributed by atoms with Gasteiger partial charge in [-0.05, 0) is 37.2 Å². The molecule has 0 atom stereocenters. The van der Waals surface area contributed by atoms with E-state index in [0.29, 0.717) is 6.04 Å². The number of aliphatic imine (C=N–C) groups is 1. The molecular weight excluding hydrogens is 336 g/mol. The second-order valence-corrected chi connectivity index (χ2v) is 8.27. The minimum Gasteiger partial charge on any atom is -0.383 e. The fraction of sp³-hybridized carbons (Fsp3) is 0.682. The molecule has 0 aromatic heterocycles. The molecule has 2 rings (SSSR count). The van der Waals surface area contributed by atoms with Gasteiger partial charge < -0.3 is 20.3 Å². The summed E-state index contributed by atoms with van der Waals surface area (Å²) in [4.78, 5) is 7.39. The first kappa shape index (κ1) is 21.7. The van der Waals surface area contributed by atoms with E-state index in [0.717, 1.165) is 64.6 Å². The Kier molecular flexibility index (Phi) is 9.08. The van der Waals surface area contributed by atoms with Gasteiger partial charge in [-0.1, -0.05) is 44.2 Å². The highest BCUT2D eigenvalue weighted by atomic mass is 16.5. The summed E-state index contributed by atoms with van der Waals surface area (Å²) in [7, 11) is 1.77. The smallest absolute Gasteiger partial charge is 0.191 e. The summed E-state index contributed by atoms with van der Waals surface area (Å²) in [5, 5.41) is 7.07. The molecule has 0 saturated carbocycles. The van der Waals surface area contributed by atoms with Crippen molar-refractivity contribution >= 4 is 5.96 Å². The molecule has 152 valence electrons. The molecule has 5 heteroatoms.